The van der Waals surface area contributed by atoms with E-state index in [0.717, 1.165) is 28.3 Å². The van der Waals surface area contributed by atoms with Crippen molar-refractivity contribution in [1.29, 1.82) is 0 Å². The predicted octanol–water partition coefficient (Wildman–Crippen LogP) is 3.57. The Morgan fingerprint density at radius 2 is 1.71 bits per heavy atom. The van der Waals surface area contributed by atoms with Crippen molar-refractivity contribution in [3.63, 3.8) is 0 Å². The number of rotatable bonds is 6. The average molecular weight is 327 g/mol. The number of benzene rings is 2. The van der Waals surface area contributed by atoms with Crippen LogP contribution in [0.25, 0.3) is 0 Å². The van der Waals surface area contributed by atoms with Crippen molar-refractivity contribution in [2.75, 3.05) is 37.5 Å². The Kier molecular flexibility index (Phi) is 6.07. The van der Waals surface area contributed by atoms with Crippen LogP contribution in [0.4, 0.5) is 16.2 Å². The van der Waals surface area contributed by atoms with E-state index < -0.39 is 0 Å². The van der Waals surface area contributed by atoms with E-state index in [-0.39, 0.29) is 6.03 Å². The molecule has 2 aromatic rings. The topological polar surface area (TPSA) is 53.6 Å². The van der Waals surface area contributed by atoms with Gasteiger partial charge >= 0.3 is 6.03 Å². The first-order chi connectivity index (χ1) is 11.5. The zero-order valence-electron chi connectivity index (χ0n) is 14.7. The summed E-state index contributed by atoms with van der Waals surface area (Å²) in [6, 6.07) is 13.5. The highest BCUT2D eigenvalue weighted by Gasteiger charge is 2.08. The normalized spacial score (nSPS) is 10.2. The quantitative estimate of drug-likeness (QED) is 0.798. The highest BCUT2D eigenvalue weighted by molar-refractivity contribution is 5.93. The Morgan fingerprint density at radius 1 is 1.04 bits per heavy atom. The molecule has 0 fully saturated rings. The van der Waals surface area contributed by atoms with Crippen molar-refractivity contribution >= 4 is 17.4 Å². The fourth-order valence-electron chi connectivity index (χ4n) is 2.48. The van der Waals surface area contributed by atoms with Gasteiger partial charge in [0.1, 0.15) is 12.4 Å². The molecule has 2 N–H and O–H groups in total. The van der Waals surface area contributed by atoms with E-state index in [4.69, 9.17) is 4.74 Å². The molecule has 0 aliphatic rings. The summed E-state index contributed by atoms with van der Waals surface area (Å²) >= 11 is 0. The van der Waals surface area contributed by atoms with Gasteiger partial charge in [-0.2, -0.15) is 0 Å². The van der Waals surface area contributed by atoms with E-state index in [1.807, 2.05) is 75.3 Å². The molecule has 0 aliphatic heterocycles. The molecule has 24 heavy (non-hydrogen) atoms. The molecule has 0 saturated heterocycles. The first-order valence-electron chi connectivity index (χ1n) is 7.99. The van der Waals surface area contributed by atoms with Gasteiger partial charge in [-0.25, -0.2) is 4.79 Å². The summed E-state index contributed by atoms with van der Waals surface area (Å²) in [6.45, 7) is 4.89. The van der Waals surface area contributed by atoms with E-state index in [9.17, 15) is 4.79 Å². The van der Waals surface area contributed by atoms with Crippen molar-refractivity contribution < 1.29 is 9.53 Å². The van der Waals surface area contributed by atoms with Crippen molar-refractivity contribution in [3.8, 4) is 5.75 Å². The number of urea groups is 1. The number of aryl methyl sites for hydroxylation is 2. The van der Waals surface area contributed by atoms with E-state index in [1.165, 1.54) is 0 Å². The van der Waals surface area contributed by atoms with Gasteiger partial charge in [-0.1, -0.05) is 30.3 Å². The number of nitrogens with zero attached hydrogens (tertiary/aromatic N) is 1. The second-order valence-corrected chi connectivity index (χ2v) is 5.86. The monoisotopic (exact) mass is 327 g/mol. The zero-order chi connectivity index (χ0) is 17.5. The molecular formula is C19H25N3O2. The minimum absolute atomic E-state index is 0.241. The van der Waals surface area contributed by atoms with Crippen LogP contribution in [0.5, 0.6) is 5.75 Å². The summed E-state index contributed by atoms with van der Waals surface area (Å²) in [6.07, 6.45) is 0. The number of hydrogen-bond acceptors (Lipinski definition) is 3. The number of anilines is 2. The van der Waals surface area contributed by atoms with Crippen molar-refractivity contribution in [2.45, 2.75) is 13.8 Å². The second kappa shape index (κ2) is 8.24. The first-order valence-corrected chi connectivity index (χ1v) is 7.99. The van der Waals surface area contributed by atoms with E-state index in [2.05, 4.69) is 10.6 Å². The van der Waals surface area contributed by atoms with Gasteiger partial charge in [-0.05, 0) is 37.1 Å². The maximum absolute atomic E-state index is 12.0. The molecule has 0 heterocycles. The largest absolute Gasteiger partial charge is 0.491 e. The van der Waals surface area contributed by atoms with Gasteiger partial charge in [0, 0.05) is 14.1 Å². The molecule has 0 aromatic heterocycles. The van der Waals surface area contributed by atoms with Gasteiger partial charge < -0.3 is 20.3 Å². The lowest BCUT2D eigenvalue weighted by molar-refractivity contribution is 0.247. The summed E-state index contributed by atoms with van der Waals surface area (Å²) in [5.41, 5.74) is 3.92. The maximum Gasteiger partial charge on any atom is 0.319 e. The number of ether oxygens (including phenoxy) is 1. The molecule has 2 amide bonds. The fourth-order valence-corrected chi connectivity index (χ4v) is 2.48. The van der Waals surface area contributed by atoms with Crippen LogP contribution in [-0.2, 0) is 0 Å². The first kappa shape index (κ1) is 17.7. The molecule has 0 aliphatic carbocycles. The second-order valence-electron chi connectivity index (χ2n) is 5.86. The number of amides is 2. The van der Waals surface area contributed by atoms with Crippen LogP contribution in [0, 0.1) is 13.8 Å². The molecule has 0 atom stereocenters. The Balaban J connectivity index is 1.82. The van der Waals surface area contributed by atoms with Crippen LogP contribution in [-0.4, -0.2) is 33.3 Å². The fraction of sp³-hybridized carbons (Fsp3) is 0.316. The van der Waals surface area contributed by atoms with E-state index in [0.29, 0.717) is 13.2 Å². The highest BCUT2D eigenvalue weighted by atomic mass is 16.5. The lowest BCUT2D eigenvalue weighted by atomic mass is 10.1. The molecule has 2 aromatic carbocycles. The highest BCUT2D eigenvalue weighted by Crippen LogP contribution is 2.23. The van der Waals surface area contributed by atoms with Gasteiger partial charge in [-0.3, -0.25) is 0 Å². The third kappa shape index (κ3) is 4.65. The van der Waals surface area contributed by atoms with E-state index >= 15 is 0 Å². The van der Waals surface area contributed by atoms with Crippen LogP contribution in [0.2, 0.25) is 0 Å². The molecule has 0 saturated carbocycles. The molecule has 128 valence electrons. The molecule has 2 rings (SSSR count). The lowest BCUT2D eigenvalue weighted by Gasteiger charge is -2.18. The lowest BCUT2D eigenvalue weighted by Crippen LogP contribution is -2.32. The number of para-hydroxylation sites is 3. The molecule has 0 unspecified atom stereocenters. The Labute approximate surface area is 143 Å². The summed E-state index contributed by atoms with van der Waals surface area (Å²) < 4.78 is 5.78. The van der Waals surface area contributed by atoms with Crippen molar-refractivity contribution in [3.05, 3.63) is 53.6 Å². The van der Waals surface area contributed by atoms with Crippen LogP contribution >= 0.6 is 0 Å². The Hall–Kier alpha value is -2.69. The molecular weight excluding hydrogens is 302 g/mol. The number of hydrogen-bond donors (Lipinski definition) is 2. The number of nitrogens with one attached hydrogen (secondary N) is 2. The third-order valence-corrected chi connectivity index (χ3v) is 3.68. The molecule has 0 bridgehead atoms. The summed E-state index contributed by atoms with van der Waals surface area (Å²) in [7, 11) is 3.88. The minimum atomic E-state index is -0.241. The van der Waals surface area contributed by atoms with Gasteiger partial charge in [0.15, 0.2) is 0 Å². The molecule has 0 radical (unpaired) electrons. The zero-order valence-corrected chi connectivity index (χ0v) is 14.7. The summed E-state index contributed by atoms with van der Waals surface area (Å²) in [5.74, 6) is 0.887. The van der Waals surface area contributed by atoms with Gasteiger partial charge in [0.25, 0.3) is 0 Å². The molecule has 5 nitrogen and oxygen atoms in total. The number of carbonyl (C=O) groups excluding carboxylic acids is 1. The summed E-state index contributed by atoms with van der Waals surface area (Å²) in [5, 5.41) is 5.68. The van der Waals surface area contributed by atoms with Crippen LogP contribution < -0.4 is 20.3 Å². The Bertz CT molecular complexity index is 679. The number of carbonyl (C=O) groups is 1. The standard InChI is InChI=1S/C19H25N3O2/c1-14-8-7-9-15(2)18(14)24-13-12-20-19(23)21-16-10-5-6-11-17(16)22(3)4/h5-11H,12-13H2,1-4H3,(H2,20,21,23). The molecule has 5 heteroatoms. The van der Waals surface area contributed by atoms with Crippen LogP contribution in [0.1, 0.15) is 11.1 Å². The van der Waals surface area contributed by atoms with Gasteiger partial charge in [0.05, 0.1) is 17.9 Å². The van der Waals surface area contributed by atoms with E-state index in [1.54, 1.807) is 0 Å². The van der Waals surface area contributed by atoms with Gasteiger partial charge in [-0.15, -0.1) is 0 Å². The SMILES string of the molecule is Cc1cccc(C)c1OCCNC(=O)Nc1ccccc1N(C)C. The Morgan fingerprint density at radius 3 is 2.38 bits per heavy atom. The maximum atomic E-state index is 12.0. The smallest absolute Gasteiger partial charge is 0.319 e. The van der Waals surface area contributed by atoms with Crippen LogP contribution in [0.15, 0.2) is 42.5 Å². The minimum Gasteiger partial charge on any atom is -0.491 e. The van der Waals surface area contributed by atoms with Crippen LogP contribution in [0.3, 0.4) is 0 Å². The summed E-state index contributed by atoms with van der Waals surface area (Å²) in [4.78, 5) is 14.0. The third-order valence-electron chi connectivity index (χ3n) is 3.68. The van der Waals surface area contributed by atoms with Crippen molar-refractivity contribution in [1.82, 2.24) is 5.32 Å². The molecule has 0 spiro atoms. The van der Waals surface area contributed by atoms with Crippen molar-refractivity contribution in [2.24, 2.45) is 0 Å². The predicted molar refractivity (Wildman–Crippen MR) is 99.2 cm³/mol. The average Bonchev–Trinajstić information content (AvgIpc) is 2.54. The van der Waals surface area contributed by atoms with Gasteiger partial charge in [0.2, 0.25) is 0 Å².